The average molecular weight is 259 g/mol. The number of hydrogen-bond acceptors (Lipinski definition) is 0. The zero-order chi connectivity index (χ0) is 13.0. The van der Waals surface area contributed by atoms with Crippen molar-refractivity contribution < 1.29 is 0 Å². The molecule has 0 unspecified atom stereocenters. The predicted octanol–water partition coefficient (Wildman–Crippen LogP) is 7.18. The second-order valence-corrected chi connectivity index (χ2v) is 7.28. The fraction of sp³-hybridized carbons (Fsp3) is 1.00. The van der Waals surface area contributed by atoms with Crippen LogP contribution in [0.4, 0.5) is 0 Å². The van der Waals surface area contributed by atoms with Crippen molar-refractivity contribution in [1.82, 2.24) is 0 Å². The highest BCUT2D eigenvalue weighted by Gasteiger charge is 2.33. The van der Waals surface area contributed by atoms with Crippen LogP contribution < -0.4 is 0 Å². The van der Waals surface area contributed by atoms with Crippen molar-refractivity contribution in [2.24, 2.45) is 22.7 Å². The molecule has 1 fully saturated rings. The van der Waals surface area contributed by atoms with Crippen molar-refractivity contribution in [2.75, 3.05) is 0 Å². The average Bonchev–Trinajstić information content (AvgIpc) is 2.18. The molecule has 0 heteroatoms. The molecule has 0 nitrogen and oxygen atoms in total. The van der Waals surface area contributed by atoms with E-state index < -0.39 is 0 Å². The Balaban J connectivity index is -0.000000534. The Morgan fingerprint density at radius 2 is 0.722 bits per heavy atom. The van der Waals surface area contributed by atoms with Crippen molar-refractivity contribution in [3.63, 3.8) is 0 Å². The van der Waals surface area contributed by atoms with Crippen LogP contribution in [0, 0.1) is 22.7 Å². The molecule has 0 spiro atoms. The van der Waals surface area contributed by atoms with E-state index in [2.05, 4.69) is 41.5 Å². The van der Waals surface area contributed by atoms with Crippen LogP contribution in [0.3, 0.4) is 0 Å². The van der Waals surface area contributed by atoms with Crippen LogP contribution in [0.15, 0.2) is 0 Å². The van der Waals surface area contributed by atoms with Gasteiger partial charge in [-0.15, -0.1) is 0 Å². The molecule has 0 aliphatic heterocycles. The minimum atomic E-state index is 0. The maximum absolute atomic E-state index is 2.40. The van der Waals surface area contributed by atoms with Gasteiger partial charge in [0.15, 0.2) is 0 Å². The lowest BCUT2D eigenvalue weighted by Gasteiger charge is -2.41. The minimum absolute atomic E-state index is 0. The van der Waals surface area contributed by atoms with Crippen LogP contribution in [-0.4, -0.2) is 0 Å². The summed E-state index contributed by atoms with van der Waals surface area (Å²) in [6.07, 6.45) is 5.80. The Morgan fingerprint density at radius 1 is 0.556 bits per heavy atom. The molecule has 1 saturated carbocycles. The van der Waals surface area contributed by atoms with Gasteiger partial charge < -0.3 is 0 Å². The summed E-state index contributed by atoms with van der Waals surface area (Å²) in [7, 11) is 0. The van der Waals surface area contributed by atoms with E-state index in [1.54, 1.807) is 0 Å². The van der Waals surface area contributed by atoms with Gasteiger partial charge in [0.2, 0.25) is 0 Å². The first-order valence-electron chi connectivity index (χ1n) is 7.21. The Hall–Kier alpha value is 0. The lowest BCUT2D eigenvalue weighted by Crippen LogP contribution is -2.30. The van der Waals surface area contributed by atoms with Gasteiger partial charge in [0.05, 0.1) is 0 Å². The summed E-state index contributed by atoms with van der Waals surface area (Å²) >= 11 is 0. The molecule has 1 rings (SSSR count). The molecule has 0 amide bonds. The third-order valence-corrected chi connectivity index (χ3v) is 4.18. The van der Waals surface area contributed by atoms with Gasteiger partial charge in [0.25, 0.3) is 0 Å². The van der Waals surface area contributed by atoms with Crippen LogP contribution in [0.5, 0.6) is 0 Å². The van der Waals surface area contributed by atoms with E-state index in [1.165, 1.54) is 25.7 Å². The first kappa shape index (κ1) is 23.1. The van der Waals surface area contributed by atoms with E-state index in [-0.39, 0.29) is 14.9 Å². The molecule has 0 aromatic rings. The van der Waals surface area contributed by atoms with E-state index >= 15 is 0 Å². The van der Waals surface area contributed by atoms with Gasteiger partial charge in [-0.05, 0) is 48.3 Å². The van der Waals surface area contributed by atoms with Crippen LogP contribution in [-0.2, 0) is 0 Å². The Morgan fingerprint density at radius 3 is 0.833 bits per heavy atom. The molecule has 114 valence electrons. The SMILES string of the molecule is C.C.CC.CC(C)(C)C1CCC(C(C)(C)C)CC1. The monoisotopic (exact) mass is 258 g/mol. The molecule has 0 atom stereocenters. The van der Waals surface area contributed by atoms with Gasteiger partial charge in [0, 0.05) is 0 Å². The fourth-order valence-corrected chi connectivity index (χ4v) is 2.83. The summed E-state index contributed by atoms with van der Waals surface area (Å²) < 4.78 is 0. The highest BCUT2D eigenvalue weighted by molar-refractivity contribution is 4.84. The molecule has 0 N–H and O–H groups in total. The molecule has 0 radical (unpaired) electrons. The van der Waals surface area contributed by atoms with E-state index in [0.29, 0.717) is 10.8 Å². The normalized spacial score (nSPS) is 24.0. The van der Waals surface area contributed by atoms with Gasteiger partial charge >= 0.3 is 0 Å². The van der Waals surface area contributed by atoms with Crippen LogP contribution in [0.1, 0.15) is 95.9 Å². The summed E-state index contributed by atoms with van der Waals surface area (Å²) in [6, 6.07) is 0. The molecule has 0 heterocycles. The molecule has 1 aliphatic rings. The zero-order valence-corrected chi connectivity index (χ0v) is 13.0. The molecule has 0 aromatic carbocycles. The van der Waals surface area contributed by atoms with Crippen molar-refractivity contribution in [3.05, 3.63) is 0 Å². The number of hydrogen-bond donors (Lipinski definition) is 0. The minimum Gasteiger partial charge on any atom is -0.0776 e. The summed E-state index contributed by atoms with van der Waals surface area (Å²) in [6.45, 7) is 18.4. The van der Waals surface area contributed by atoms with Gasteiger partial charge in [-0.25, -0.2) is 0 Å². The summed E-state index contributed by atoms with van der Waals surface area (Å²) in [5.74, 6) is 1.92. The first-order valence-corrected chi connectivity index (χ1v) is 7.21. The smallest absolute Gasteiger partial charge is 0.0354 e. The van der Waals surface area contributed by atoms with Gasteiger partial charge in [-0.3, -0.25) is 0 Å². The maximum Gasteiger partial charge on any atom is -0.0354 e. The third kappa shape index (κ3) is 7.44. The zero-order valence-electron chi connectivity index (χ0n) is 13.0. The van der Waals surface area contributed by atoms with Crippen LogP contribution >= 0.6 is 0 Å². The van der Waals surface area contributed by atoms with Crippen LogP contribution in [0.25, 0.3) is 0 Å². The Labute approximate surface area is 119 Å². The third-order valence-electron chi connectivity index (χ3n) is 4.18. The Kier molecular flexibility index (Phi) is 11.5. The predicted molar refractivity (Wildman–Crippen MR) is 89.2 cm³/mol. The van der Waals surface area contributed by atoms with Gasteiger partial charge in [-0.1, -0.05) is 70.2 Å². The van der Waals surface area contributed by atoms with E-state index in [9.17, 15) is 0 Å². The largest absolute Gasteiger partial charge is 0.0776 e. The van der Waals surface area contributed by atoms with Gasteiger partial charge in [-0.2, -0.15) is 0 Å². The summed E-state index contributed by atoms with van der Waals surface area (Å²) in [5.41, 5.74) is 1.06. The van der Waals surface area contributed by atoms with Crippen molar-refractivity contribution in [1.29, 1.82) is 0 Å². The van der Waals surface area contributed by atoms with E-state index in [4.69, 9.17) is 0 Å². The second-order valence-electron chi connectivity index (χ2n) is 7.28. The maximum atomic E-state index is 2.40. The number of rotatable bonds is 0. The summed E-state index contributed by atoms with van der Waals surface area (Å²) in [5, 5.41) is 0. The lowest BCUT2D eigenvalue weighted by molar-refractivity contribution is 0.0970. The lowest BCUT2D eigenvalue weighted by atomic mass is 9.64. The first-order chi connectivity index (χ1) is 7.21. The van der Waals surface area contributed by atoms with E-state index in [0.717, 1.165) is 11.8 Å². The molecular formula is C18H42. The fourth-order valence-electron chi connectivity index (χ4n) is 2.83. The van der Waals surface area contributed by atoms with Crippen molar-refractivity contribution in [3.8, 4) is 0 Å². The van der Waals surface area contributed by atoms with E-state index in [1.807, 2.05) is 13.8 Å². The highest BCUT2D eigenvalue weighted by Crippen LogP contribution is 2.44. The molecular weight excluding hydrogens is 216 g/mol. The van der Waals surface area contributed by atoms with Crippen molar-refractivity contribution in [2.45, 2.75) is 95.9 Å². The van der Waals surface area contributed by atoms with Crippen molar-refractivity contribution >= 4 is 0 Å². The van der Waals surface area contributed by atoms with Gasteiger partial charge in [0.1, 0.15) is 0 Å². The molecule has 18 heavy (non-hydrogen) atoms. The second kappa shape index (κ2) is 8.99. The highest BCUT2D eigenvalue weighted by atomic mass is 14.4. The molecule has 0 aromatic heterocycles. The topological polar surface area (TPSA) is 0 Å². The molecule has 1 aliphatic carbocycles. The quantitative estimate of drug-likeness (QED) is 0.431. The van der Waals surface area contributed by atoms with Crippen LogP contribution in [0.2, 0.25) is 0 Å². The molecule has 0 bridgehead atoms. The molecule has 0 saturated heterocycles. The Bertz CT molecular complexity index is 147. The standard InChI is InChI=1S/C14H28.C2H6.2CH4/c1-13(2,3)11-7-9-12(10-8-11)14(4,5)6;1-2;;/h11-12H,7-10H2,1-6H3;1-2H3;2*1H4. The summed E-state index contributed by atoms with van der Waals surface area (Å²) in [4.78, 5) is 0.